The summed E-state index contributed by atoms with van der Waals surface area (Å²) >= 11 is 5.61. The van der Waals surface area contributed by atoms with Crippen molar-refractivity contribution < 1.29 is 22.7 Å². The lowest BCUT2D eigenvalue weighted by molar-refractivity contribution is -0.137. The number of rotatable bonds is 2. The van der Waals surface area contributed by atoms with Gasteiger partial charge in [0.25, 0.3) is 0 Å². The van der Waals surface area contributed by atoms with Crippen molar-refractivity contribution in [1.29, 1.82) is 0 Å². The van der Waals surface area contributed by atoms with Crippen molar-refractivity contribution in [2.24, 2.45) is 0 Å². The fraction of sp³-hybridized carbons (Fsp3) is 0.667. The molecule has 0 radical (unpaired) electrons. The molecule has 0 aromatic carbocycles. The average Bonchev–Trinajstić information content (AvgIpc) is 2.45. The molecule has 1 aromatic rings. The molecule has 0 atom stereocenters. The Morgan fingerprint density at radius 2 is 1.92 bits per heavy atom. The first-order valence-electron chi connectivity index (χ1n) is 7.80. The molecule has 1 amide bonds. The van der Waals surface area contributed by atoms with Gasteiger partial charge in [0.1, 0.15) is 17.0 Å². The van der Waals surface area contributed by atoms with Crippen molar-refractivity contribution in [3.63, 3.8) is 0 Å². The van der Waals surface area contributed by atoms with Crippen LogP contribution in [0.15, 0.2) is 6.20 Å². The molecule has 1 saturated heterocycles. The van der Waals surface area contributed by atoms with E-state index in [1.807, 2.05) is 0 Å². The molecule has 140 valence electrons. The Kier molecular flexibility index (Phi) is 5.65. The van der Waals surface area contributed by atoms with Gasteiger partial charge in [0, 0.05) is 25.3 Å². The van der Waals surface area contributed by atoms with Gasteiger partial charge in [-0.05, 0) is 45.2 Å². The Morgan fingerprint density at radius 1 is 1.32 bits per heavy atom. The van der Waals surface area contributed by atoms with Crippen LogP contribution in [0.4, 0.5) is 23.8 Å². The van der Waals surface area contributed by atoms with Crippen LogP contribution in [0.1, 0.15) is 39.2 Å². The van der Waals surface area contributed by atoms with Gasteiger partial charge in [-0.15, -0.1) is 0 Å². The highest BCUT2D eigenvalue weighted by molar-refractivity contribution is 6.28. The van der Waals surface area contributed by atoms with E-state index >= 15 is 0 Å². The summed E-state index contributed by atoms with van der Waals surface area (Å²) in [5, 5.41) is 2.51. The predicted molar refractivity (Wildman–Crippen MR) is 86.5 cm³/mol. The zero-order valence-electron chi connectivity index (χ0n) is 14.2. The second-order valence-electron chi connectivity index (χ2n) is 6.79. The number of halogens is 4. The van der Waals surface area contributed by atoms with Crippen LogP contribution in [0.5, 0.6) is 0 Å². The van der Waals surface area contributed by atoms with Crippen molar-refractivity contribution in [1.82, 2.24) is 14.9 Å². The molecule has 2 rings (SSSR count). The minimum Gasteiger partial charge on any atom is -0.444 e. The Labute approximate surface area is 148 Å². The number of piperidine rings is 1. The number of anilines is 1. The van der Waals surface area contributed by atoms with Gasteiger partial charge in [-0.25, -0.2) is 14.8 Å². The molecule has 1 aliphatic heterocycles. The van der Waals surface area contributed by atoms with E-state index in [2.05, 4.69) is 15.3 Å². The second-order valence-corrected chi connectivity index (χ2v) is 7.12. The van der Waals surface area contributed by atoms with Gasteiger partial charge in [-0.2, -0.15) is 13.2 Å². The number of aromatic nitrogens is 2. The van der Waals surface area contributed by atoms with Gasteiger partial charge >= 0.3 is 12.3 Å². The molecular weight excluding hydrogens is 361 g/mol. The van der Waals surface area contributed by atoms with Crippen molar-refractivity contribution in [2.45, 2.75) is 51.4 Å². The number of alkyl halides is 3. The van der Waals surface area contributed by atoms with E-state index in [9.17, 15) is 18.0 Å². The average molecular weight is 381 g/mol. The number of carbonyl (C=O) groups is 1. The van der Waals surface area contributed by atoms with Crippen LogP contribution >= 0.6 is 11.6 Å². The lowest BCUT2D eigenvalue weighted by Crippen LogP contribution is -2.44. The maximum Gasteiger partial charge on any atom is 0.421 e. The molecule has 1 N–H and O–H groups in total. The topological polar surface area (TPSA) is 67.3 Å². The number of likely N-dealkylation sites (tertiary alicyclic amines) is 1. The van der Waals surface area contributed by atoms with Crippen LogP contribution in [0.3, 0.4) is 0 Å². The molecule has 0 bridgehead atoms. The number of hydrogen-bond donors (Lipinski definition) is 1. The van der Waals surface area contributed by atoms with E-state index in [0.717, 1.165) is 0 Å². The largest absolute Gasteiger partial charge is 0.444 e. The smallest absolute Gasteiger partial charge is 0.421 e. The molecule has 0 saturated carbocycles. The first-order valence-corrected chi connectivity index (χ1v) is 8.18. The van der Waals surface area contributed by atoms with Gasteiger partial charge in [0.2, 0.25) is 5.28 Å². The molecule has 1 fully saturated rings. The number of ether oxygens (including phenoxy) is 1. The minimum absolute atomic E-state index is 0.259. The molecule has 0 spiro atoms. The van der Waals surface area contributed by atoms with Crippen LogP contribution in [-0.2, 0) is 10.9 Å². The van der Waals surface area contributed by atoms with Gasteiger partial charge in [-0.3, -0.25) is 0 Å². The molecule has 10 heteroatoms. The third-order valence-corrected chi connectivity index (χ3v) is 3.73. The lowest BCUT2D eigenvalue weighted by Gasteiger charge is -2.34. The highest BCUT2D eigenvalue weighted by Gasteiger charge is 2.36. The van der Waals surface area contributed by atoms with Crippen molar-refractivity contribution >= 4 is 23.5 Å². The van der Waals surface area contributed by atoms with Crippen molar-refractivity contribution in [3.05, 3.63) is 17.0 Å². The Morgan fingerprint density at radius 3 is 2.44 bits per heavy atom. The third kappa shape index (κ3) is 5.62. The van der Waals surface area contributed by atoms with Crippen LogP contribution in [0, 0.1) is 0 Å². The molecule has 0 unspecified atom stereocenters. The summed E-state index contributed by atoms with van der Waals surface area (Å²) in [7, 11) is 0. The van der Waals surface area contributed by atoms with Gasteiger partial charge < -0.3 is 15.0 Å². The van der Waals surface area contributed by atoms with Crippen molar-refractivity contribution in [2.75, 3.05) is 18.4 Å². The zero-order valence-corrected chi connectivity index (χ0v) is 14.9. The standard InChI is InChI=1S/C15H20ClF3N4O2/c1-14(2,3)25-13(24)23-6-4-9(5-7-23)21-11-10(15(17,18)19)8-20-12(16)22-11/h8-9H,4-7H2,1-3H3,(H,20,21,22). The van der Waals surface area contributed by atoms with E-state index in [4.69, 9.17) is 16.3 Å². The van der Waals surface area contributed by atoms with Crippen molar-refractivity contribution in [3.8, 4) is 0 Å². The maximum absolute atomic E-state index is 13.0. The lowest BCUT2D eigenvalue weighted by atomic mass is 10.1. The summed E-state index contributed by atoms with van der Waals surface area (Å²) in [4.78, 5) is 20.6. The van der Waals surface area contributed by atoms with Crippen LogP contribution in [0.25, 0.3) is 0 Å². The third-order valence-electron chi connectivity index (χ3n) is 3.55. The number of carbonyl (C=O) groups excluding carboxylic acids is 1. The SMILES string of the molecule is CC(C)(C)OC(=O)N1CCC(Nc2nc(Cl)ncc2C(F)(F)F)CC1. The van der Waals surface area contributed by atoms with E-state index in [1.165, 1.54) is 0 Å². The summed E-state index contributed by atoms with van der Waals surface area (Å²) in [5.41, 5.74) is -1.56. The first-order chi connectivity index (χ1) is 11.5. The monoisotopic (exact) mass is 380 g/mol. The first kappa shape index (κ1) is 19.6. The molecule has 0 aliphatic carbocycles. The summed E-state index contributed by atoms with van der Waals surface area (Å²) in [5.74, 6) is -0.344. The van der Waals surface area contributed by atoms with Crippen LogP contribution in [0.2, 0.25) is 5.28 Å². The summed E-state index contributed by atoms with van der Waals surface area (Å²) in [6.45, 7) is 6.09. The number of hydrogen-bond acceptors (Lipinski definition) is 5. The number of nitrogens with zero attached hydrogens (tertiary/aromatic N) is 3. The molecule has 2 heterocycles. The molecule has 6 nitrogen and oxygen atoms in total. The highest BCUT2D eigenvalue weighted by Crippen LogP contribution is 2.34. The minimum atomic E-state index is -4.58. The molecule has 1 aliphatic rings. The van der Waals surface area contributed by atoms with Gasteiger partial charge in [-0.1, -0.05) is 0 Å². The van der Waals surface area contributed by atoms with E-state index in [-0.39, 0.29) is 17.1 Å². The van der Waals surface area contributed by atoms with Gasteiger partial charge in [0.15, 0.2) is 0 Å². The Balaban J connectivity index is 1.99. The van der Waals surface area contributed by atoms with Gasteiger partial charge in [0.05, 0.1) is 0 Å². The van der Waals surface area contributed by atoms with E-state index in [1.54, 1.807) is 25.7 Å². The molecule has 25 heavy (non-hydrogen) atoms. The van der Waals surface area contributed by atoms with E-state index in [0.29, 0.717) is 32.1 Å². The molecule has 1 aromatic heterocycles. The normalized spacial score (nSPS) is 16.7. The van der Waals surface area contributed by atoms with Crippen LogP contribution in [-0.4, -0.2) is 45.7 Å². The summed E-state index contributed by atoms with van der Waals surface area (Å²) < 4.78 is 44.4. The number of nitrogens with one attached hydrogen (secondary N) is 1. The predicted octanol–water partition coefficient (Wildman–Crippen LogP) is 3.96. The van der Waals surface area contributed by atoms with E-state index < -0.39 is 23.4 Å². The Bertz CT molecular complexity index is 626. The maximum atomic E-state index is 13.0. The van der Waals surface area contributed by atoms with Crippen LogP contribution < -0.4 is 5.32 Å². The summed E-state index contributed by atoms with van der Waals surface area (Å²) in [6, 6.07) is -0.259. The summed E-state index contributed by atoms with van der Waals surface area (Å²) in [6.07, 6.45) is -3.40. The molecular formula is C15H20ClF3N4O2. The Hall–Kier alpha value is -1.77. The zero-order chi connectivity index (χ0) is 18.8. The fourth-order valence-corrected chi connectivity index (χ4v) is 2.54. The fourth-order valence-electron chi connectivity index (χ4n) is 2.40. The second kappa shape index (κ2) is 7.23. The quantitative estimate of drug-likeness (QED) is 0.786. The highest BCUT2D eigenvalue weighted by atomic mass is 35.5. The number of amides is 1.